The van der Waals surface area contributed by atoms with Gasteiger partial charge >= 0.3 is 11.9 Å². The normalized spacial score (nSPS) is 20.5. The summed E-state index contributed by atoms with van der Waals surface area (Å²) in [7, 11) is 1.46. The van der Waals surface area contributed by atoms with Crippen molar-refractivity contribution in [2.24, 2.45) is 5.73 Å². The van der Waals surface area contributed by atoms with Gasteiger partial charge in [-0.1, -0.05) is 6.07 Å². The molecule has 0 saturated carbocycles. The van der Waals surface area contributed by atoms with Crippen molar-refractivity contribution in [1.82, 2.24) is 0 Å². The summed E-state index contributed by atoms with van der Waals surface area (Å²) in [5.74, 6) is -1.53. The van der Waals surface area contributed by atoms with Crippen molar-refractivity contribution in [3.8, 4) is 5.75 Å². The van der Waals surface area contributed by atoms with Crippen LogP contribution in [0, 0.1) is 0 Å². The number of carboxylic acids is 2. The Morgan fingerprint density at radius 2 is 2.10 bits per heavy atom. The van der Waals surface area contributed by atoms with Crippen LogP contribution in [0.3, 0.4) is 0 Å². The number of aliphatic carboxylic acids is 2. The van der Waals surface area contributed by atoms with Gasteiger partial charge in [0.25, 0.3) is 0 Å². The number of hydrogen-bond donors (Lipinski definition) is 3. The molecule has 0 spiro atoms. The van der Waals surface area contributed by atoms with Gasteiger partial charge in [0.05, 0.1) is 7.11 Å². The van der Waals surface area contributed by atoms with E-state index in [1.165, 1.54) is 7.11 Å². The molecule has 20 heavy (non-hydrogen) atoms. The van der Waals surface area contributed by atoms with E-state index in [9.17, 15) is 14.7 Å². The van der Waals surface area contributed by atoms with Crippen LogP contribution in [0.4, 0.5) is 0 Å². The van der Waals surface area contributed by atoms with Crippen molar-refractivity contribution < 1.29 is 24.5 Å². The Hall–Kier alpha value is -2.08. The van der Waals surface area contributed by atoms with E-state index < -0.39 is 17.5 Å². The van der Waals surface area contributed by atoms with E-state index in [4.69, 9.17) is 15.6 Å². The van der Waals surface area contributed by atoms with Crippen LogP contribution < -0.4 is 10.5 Å². The number of nitrogens with two attached hydrogens (primary N) is 1. The van der Waals surface area contributed by atoms with Gasteiger partial charge in [-0.2, -0.15) is 0 Å². The Morgan fingerprint density at radius 3 is 2.65 bits per heavy atom. The van der Waals surface area contributed by atoms with Crippen molar-refractivity contribution in [2.75, 3.05) is 7.11 Å². The highest BCUT2D eigenvalue weighted by Crippen LogP contribution is 2.42. The maximum atomic E-state index is 11.4. The number of benzene rings is 1. The molecule has 0 bridgehead atoms. The second-order valence-electron chi connectivity index (χ2n) is 5.00. The predicted molar refractivity (Wildman–Crippen MR) is 70.8 cm³/mol. The smallest absolute Gasteiger partial charge is 0.328 e. The average Bonchev–Trinajstić information content (AvgIpc) is 2.75. The number of carboxylic acid groups (broad SMARTS) is 2. The second kappa shape index (κ2) is 5.13. The molecule has 1 aliphatic carbocycles. The highest BCUT2D eigenvalue weighted by Gasteiger charge is 2.44. The molecule has 0 saturated heterocycles. The summed E-state index contributed by atoms with van der Waals surface area (Å²) >= 11 is 0. The Bertz CT molecular complexity index is 569. The summed E-state index contributed by atoms with van der Waals surface area (Å²) < 4.78 is 5.26. The highest BCUT2D eigenvalue weighted by atomic mass is 16.5. The second-order valence-corrected chi connectivity index (χ2v) is 5.00. The van der Waals surface area contributed by atoms with Crippen LogP contribution in [0.2, 0.25) is 0 Å². The van der Waals surface area contributed by atoms with E-state index in [0.29, 0.717) is 30.6 Å². The number of hydrogen-bond acceptors (Lipinski definition) is 4. The molecule has 1 aromatic rings. The minimum atomic E-state index is -1.42. The van der Waals surface area contributed by atoms with Crippen molar-refractivity contribution in [3.05, 3.63) is 28.8 Å². The molecular weight excluding hydrogens is 262 g/mol. The molecule has 0 unspecified atom stereocenters. The van der Waals surface area contributed by atoms with Gasteiger partial charge < -0.3 is 20.7 Å². The third-order valence-corrected chi connectivity index (χ3v) is 3.71. The topological polar surface area (TPSA) is 110 Å². The van der Waals surface area contributed by atoms with E-state index in [2.05, 4.69) is 0 Å². The fraction of sp³-hybridized carbons (Fsp3) is 0.429. The number of rotatable bonds is 5. The van der Waals surface area contributed by atoms with Crippen LogP contribution in [-0.2, 0) is 28.0 Å². The first-order chi connectivity index (χ1) is 9.38. The summed E-state index contributed by atoms with van der Waals surface area (Å²) in [5, 5.41) is 18.0. The lowest BCUT2D eigenvalue weighted by atomic mass is 9.91. The lowest BCUT2D eigenvalue weighted by Gasteiger charge is -2.22. The van der Waals surface area contributed by atoms with Gasteiger partial charge in [-0.15, -0.1) is 0 Å². The molecule has 6 heteroatoms. The Balaban J connectivity index is 2.43. The van der Waals surface area contributed by atoms with Gasteiger partial charge in [0.2, 0.25) is 0 Å². The quantitative estimate of drug-likeness (QED) is 0.738. The molecule has 0 amide bonds. The summed E-state index contributed by atoms with van der Waals surface area (Å²) in [6.45, 7) is 0. The van der Waals surface area contributed by atoms with Crippen molar-refractivity contribution in [2.45, 2.75) is 31.2 Å². The van der Waals surface area contributed by atoms with Crippen LogP contribution in [0.5, 0.6) is 5.75 Å². The lowest BCUT2D eigenvalue weighted by Crippen LogP contribution is -2.43. The first-order valence-corrected chi connectivity index (χ1v) is 6.33. The standard InChI is InChI=1S/C14H17NO5/c1-20-10-7-8(2-3-11(16)17)6-9-4-5-14(15,12(9)10)13(18)19/h6-7H,2-5,15H2,1H3,(H,16,17)(H,18,19)/t14-/m1/s1. The van der Waals surface area contributed by atoms with E-state index >= 15 is 0 Å². The molecule has 2 rings (SSSR count). The molecule has 0 fully saturated rings. The maximum absolute atomic E-state index is 11.4. The fourth-order valence-electron chi connectivity index (χ4n) is 2.67. The number of aryl methyl sites for hydroxylation is 2. The summed E-state index contributed by atoms with van der Waals surface area (Å²) in [6.07, 6.45) is 1.27. The zero-order valence-corrected chi connectivity index (χ0v) is 11.2. The fourth-order valence-corrected chi connectivity index (χ4v) is 2.67. The van der Waals surface area contributed by atoms with Gasteiger partial charge in [0, 0.05) is 12.0 Å². The molecule has 6 nitrogen and oxygen atoms in total. The number of carbonyl (C=O) groups is 2. The minimum absolute atomic E-state index is 0.0225. The molecule has 0 aliphatic heterocycles. The van der Waals surface area contributed by atoms with Crippen molar-refractivity contribution in [1.29, 1.82) is 0 Å². The van der Waals surface area contributed by atoms with Crippen LogP contribution in [-0.4, -0.2) is 29.3 Å². The monoisotopic (exact) mass is 279 g/mol. The third kappa shape index (κ3) is 2.34. The number of ether oxygens (including phenoxy) is 1. The van der Waals surface area contributed by atoms with Gasteiger partial charge in [-0.05, 0) is 36.5 Å². The zero-order valence-electron chi connectivity index (χ0n) is 11.2. The SMILES string of the molecule is COc1cc(CCC(=O)O)cc2c1[C@@](N)(C(=O)O)CC2. The first kappa shape index (κ1) is 14.3. The lowest BCUT2D eigenvalue weighted by molar-refractivity contribution is -0.143. The molecular formula is C14H17NO5. The molecule has 1 aliphatic rings. The number of fused-ring (bicyclic) bond motifs is 1. The molecule has 0 radical (unpaired) electrons. The van der Waals surface area contributed by atoms with Gasteiger partial charge in [0.15, 0.2) is 0 Å². The Morgan fingerprint density at radius 1 is 1.40 bits per heavy atom. The van der Waals surface area contributed by atoms with Gasteiger partial charge in [0.1, 0.15) is 11.3 Å². The molecule has 108 valence electrons. The van der Waals surface area contributed by atoms with E-state index in [1.54, 1.807) is 6.07 Å². The van der Waals surface area contributed by atoms with E-state index in [1.807, 2.05) is 6.07 Å². The zero-order chi connectivity index (χ0) is 14.9. The summed E-state index contributed by atoms with van der Waals surface area (Å²) in [6, 6.07) is 3.51. The van der Waals surface area contributed by atoms with E-state index in [0.717, 1.165) is 11.1 Å². The Labute approximate surface area is 116 Å². The number of methoxy groups -OCH3 is 1. The van der Waals surface area contributed by atoms with Crippen LogP contribution in [0.15, 0.2) is 12.1 Å². The first-order valence-electron chi connectivity index (χ1n) is 6.33. The van der Waals surface area contributed by atoms with Crippen molar-refractivity contribution in [3.63, 3.8) is 0 Å². The maximum Gasteiger partial charge on any atom is 0.328 e. The minimum Gasteiger partial charge on any atom is -0.496 e. The van der Waals surface area contributed by atoms with E-state index in [-0.39, 0.29) is 6.42 Å². The van der Waals surface area contributed by atoms with Crippen LogP contribution in [0.1, 0.15) is 29.5 Å². The molecule has 0 heterocycles. The molecule has 0 aromatic heterocycles. The van der Waals surface area contributed by atoms with Crippen molar-refractivity contribution >= 4 is 11.9 Å². The summed E-state index contributed by atoms with van der Waals surface area (Å²) in [5.41, 5.74) is 6.72. The largest absolute Gasteiger partial charge is 0.496 e. The molecule has 1 aromatic carbocycles. The van der Waals surface area contributed by atoms with Crippen LogP contribution in [0.25, 0.3) is 0 Å². The van der Waals surface area contributed by atoms with Crippen LogP contribution >= 0.6 is 0 Å². The average molecular weight is 279 g/mol. The third-order valence-electron chi connectivity index (χ3n) is 3.71. The van der Waals surface area contributed by atoms with Gasteiger partial charge in [-0.25, -0.2) is 4.79 Å². The molecule has 4 N–H and O–H groups in total. The molecule has 1 atom stereocenters. The Kier molecular flexibility index (Phi) is 3.67. The highest BCUT2D eigenvalue weighted by molar-refractivity contribution is 5.83. The predicted octanol–water partition coefficient (Wildman–Crippen LogP) is 0.897. The van der Waals surface area contributed by atoms with Gasteiger partial charge in [-0.3, -0.25) is 4.79 Å². The summed E-state index contributed by atoms with van der Waals surface area (Å²) in [4.78, 5) is 22.0.